The van der Waals surface area contributed by atoms with Gasteiger partial charge in [-0.15, -0.1) is 5.10 Å². The van der Waals surface area contributed by atoms with Gasteiger partial charge in [0.05, 0.1) is 18.5 Å². The number of aryl methyl sites for hydroxylation is 1. The molecule has 0 radical (unpaired) electrons. The van der Waals surface area contributed by atoms with Gasteiger partial charge >= 0.3 is 0 Å². The van der Waals surface area contributed by atoms with Gasteiger partial charge in [0.15, 0.2) is 0 Å². The Morgan fingerprint density at radius 3 is 2.56 bits per heavy atom. The van der Waals surface area contributed by atoms with Crippen molar-refractivity contribution in [2.45, 2.75) is 6.92 Å². The van der Waals surface area contributed by atoms with E-state index in [9.17, 15) is 0 Å². The van der Waals surface area contributed by atoms with Crippen LogP contribution >= 0.6 is 0 Å². The minimum atomic E-state index is 0.338. The quantitative estimate of drug-likeness (QED) is 0.612. The smallest absolute Gasteiger partial charge is 0.276 e. The summed E-state index contributed by atoms with van der Waals surface area (Å²) in [5.41, 5.74) is 3.73. The van der Waals surface area contributed by atoms with Crippen molar-refractivity contribution in [2.75, 3.05) is 7.11 Å². The lowest BCUT2D eigenvalue weighted by Crippen LogP contribution is -1.90. The summed E-state index contributed by atoms with van der Waals surface area (Å²) in [4.78, 5) is 4.34. The molecule has 0 bridgehead atoms. The first-order chi connectivity index (χ1) is 12.2. The number of methoxy groups -OCH3 is 1. The summed E-state index contributed by atoms with van der Waals surface area (Å²) >= 11 is 0. The Labute approximate surface area is 142 Å². The standard InChI is InChI=1S/C17H14N6O2/c1-10-3-8-13(20-19-10)16-18-17(25-23-16)15-9-14(21-22-15)11-4-6-12(24-2)7-5-11/h3-9H,1-2H3,(H,21,22). The molecule has 0 aliphatic carbocycles. The van der Waals surface area contributed by atoms with Crippen LogP contribution in [0.4, 0.5) is 0 Å². The molecule has 0 fully saturated rings. The lowest BCUT2D eigenvalue weighted by atomic mass is 10.1. The molecular formula is C17H14N6O2. The van der Waals surface area contributed by atoms with Gasteiger partial charge in [0.25, 0.3) is 5.89 Å². The van der Waals surface area contributed by atoms with Gasteiger partial charge in [-0.05, 0) is 49.4 Å². The van der Waals surface area contributed by atoms with Gasteiger partial charge in [-0.3, -0.25) is 5.10 Å². The number of benzene rings is 1. The molecule has 4 aromatic rings. The lowest BCUT2D eigenvalue weighted by molar-refractivity contribution is 0.415. The summed E-state index contributed by atoms with van der Waals surface area (Å²) in [6.45, 7) is 1.86. The van der Waals surface area contributed by atoms with Crippen molar-refractivity contribution in [3.63, 3.8) is 0 Å². The van der Waals surface area contributed by atoms with Gasteiger partial charge in [-0.1, -0.05) is 5.16 Å². The summed E-state index contributed by atoms with van der Waals surface area (Å²) in [6, 6.07) is 13.1. The predicted octanol–water partition coefficient (Wildman–Crippen LogP) is 2.90. The van der Waals surface area contributed by atoms with Gasteiger partial charge in [0.2, 0.25) is 5.82 Å². The Morgan fingerprint density at radius 2 is 1.84 bits per heavy atom. The molecule has 25 heavy (non-hydrogen) atoms. The zero-order valence-electron chi connectivity index (χ0n) is 13.6. The highest BCUT2D eigenvalue weighted by molar-refractivity contribution is 5.65. The summed E-state index contributed by atoms with van der Waals surface area (Å²) < 4.78 is 10.5. The van der Waals surface area contributed by atoms with E-state index in [0.717, 1.165) is 22.7 Å². The molecule has 1 aromatic carbocycles. The van der Waals surface area contributed by atoms with Gasteiger partial charge < -0.3 is 9.26 Å². The summed E-state index contributed by atoms with van der Waals surface area (Å²) in [6.07, 6.45) is 0. The van der Waals surface area contributed by atoms with E-state index in [1.807, 2.05) is 43.3 Å². The predicted molar refractivity (Wildman–Crippen MR) is 89.6 cm³/mol. The molecule has 0 atom stereocenters. The molecule has 0 saturated heterocycles. The third-order valence-corrected chi connectivity index (χ3v) is 3.65. The molecule has 0 aliphatic rings. The van der Waals surface area contributed by atoms with E-state index < -0.39 is 0 Å². The number of aromatic amines is 1. The molecule has 1 N–H and O–H groups in total. The second-order valence-corrected chi connectivity index (χ2v) is 5.38. The van der Waals surface area contributed by atoms with E-state index in [2.05, 4.69) is 30.5 Å². The largest absolute Gasteiger partial charge is 0.497 e. The molecule has 8 nitrogen and oxygen atoms in total. The fourth-order valence-electron chi connectivity index (χ4n) is 2.30. The normalized spacial score (nSPS) is 10.8. The van der Waals surface area contributed by atoms with Gasteiger partial charge in [0, 0.05) is 5.56 Å². The van der Waals surface area contributed by atoms with E-state index >= 15 is 0 Å². The molecule has 3 heterocycles. The van der Waals surface area contributed by atoms with Crippen LogP contribution in [0.5, 0.6) is 5.75 Å². The third-order valence-electron chi connectivity index (χ3n) is 3.65. The highest BCUT2D eigenvalue weighted by atomic mass is 16.5. The van der Waals surface area contributed by atoms with Crippen LogP contribution in [0.25, 0.3) is 34.4 Å². The van der Waals surface area contributed by atoms with E-state index in [1.54, 1.807) is 13.2 Å². The number of nitrogens with zero attached hydrogens (tertiary/aromatic N) is 5. The molecule has 4 rings (SSSR count). The van der Waals surface area contributed by atoms with Crippen molar-refractivity contribution in [3.05, 3.63) is 48.2 Å². The minimum absolute atomic E-state index is 0.338. The maximum absolute atomic E-state index is 5.30. The Hall–Kier alpha value is -3.55. The topological polar surface area (TPSA) is 103 Å². The zero-order valence-corrected chi connectivity index (χ0v) is 13.6. The molecule has 124 valence electrons. The van der Waals surface area contributed by atoms with Crippen LogP contribution in [0.1, 0.15) is 5.69 Å². The summed E-state index contributed by atoms with van der Waals surface area (Å²) in [7, 11) is 1.63. The molecular weight excluding hydrogens is 320 g/mol. The fraction of sp³-hybridized carbons (Fsp3) is 0.118. The van der Waals surface area contributed by atoms with Crippen LogP contribution in [-0.2, 0) is 0 Å². The molecule has 8 heteroatoms. The number of rotatable bonds is 4. The molecule has 0 spiro atoms. The first-order valence-corrected chi connectivity index (χ1v) is 7.57. The maximum atomic E-state index is 5.30. The van der Waals surface area contributed by atoms with Gasteiger partial charge in [0.1, 0.15) is 17.1 Å². The average Bonchev–Trinajstić information content (AvgIpc) is 3.32. The van der Waals surface area contributed by atoms with Crippen LogP contribution in [0.3, 0.4) is 0 Å². The number of ether oxygens (including phenoxy) is 1. The van der Waals surface area contributed by atoms with Crippen LogP contribution < -0.4 is 4.74 Å². The SMILES string of the molecule is COc1ccc(-c2cc(-c3nc(-c4ccc(C)nn4)no3)[nH]n2)cc1. The van der Waals surface area contributed by atoms with Gasteiger partial charge in [-0.2, -0.15) is 15.2 Å². The van der Waals surface area contributed by atoms with Crippen LogP contribution in [-0.4, -0.2) is 37.6 Å². The highest BCUT2D eigenvalue weighted by Gasteiger charge is 2.15. The van der Waals surface area contributed by atoms with Crippen molar-refractivity contribution in [2.24, 2.45) is 0 Å². The van der Waals surface area contributed by atoms with Crippen LogP contribution in [0.15, 0.2) is 47.0 Å². The molecule has 0 aliphatic heterocycles. The fourth-order valence-corrected chi connectivity index (χ4v) is 2.30. The number of aromatic nitrogens is 6. The first kappa shape index (κ1) is 15.0. The van der Waals surface area contributed by atoms with Crippen molar-refractivity contribution >= 4 is 0 Å². The van der Waals surface area contributed by atoms with Gasteiger partial charge in [-0.25, -0.2) is 0 Å². The van der Waals surface area contributed by atoms with Crippen molar-refractivity contribution in [1.82, 2.24) is 30.5 Å². The number of hydrogen-bond donors (Lipinski definition) is 1. The van der Waals surface area contributed by atoms with Crippen LogP contribution in [0, 0.1) is 6.92 Å². The van der Waals surface area contributed by atoms with Crippen molar-refractivity contribution in [3.8, 4) is 40.1 Å². The lowest BCUT2D eigenvalue weighted by Gasteiger charge is -1.99. The first-order valence-electron chi connectivity index (χ1n) is 7.57. The molecule has 3 aromatic heterocycles. The Kier molecular flexibility index (Phi) is 3.70. The van der Waals surface area contributed by atoms with E-state index in [4.69, 9.17) is 9.26 Å². The van der Waals surface area contributed by atoms with Crippen LogP contribution in [0.2, 0.25) is 0 Å². The van der Waals surface area contributed by atoms with E-state index in [-0.39, 0.29) is 0 Å². The minimum Gasteiger partial charge on any atom is -0.497 e. The molecule has 0 saturated carbocycles. The molecule has 0 unspecified atom stereocenters. The van der Waals surface area contributed by atoms with Crippen molar-refractivity contribution < 1.29 is 9.26 Å². The zero-order chi connectivity index (χ0) is 17.2. The Balaban J connectivity index is 1.60. The van der Waals surface area contributed by atoms with E-state index in [1.165, 1.54) is 0 Å². The summed E-state index contributed by atoms with van der Waals surface area (Å²) in [5.74, 6) is 1.51. The van der Waals surface area contributed by atoms with E-state index in [0.29, 0.717) is 23.1 Å². The number of nitrogens with one attached hydrogen (secondary N) is 1. The second kappa shape index (κ2) is 6.16. The Bertz CT molecular complexity index is 989. The maximum Gasteiger partial charge on any atom is 0.276 e. The third kappa shape index (κ3) is 2.97. The summed E-state index contributed by atoms with van der Waals surface area (Å²) in [5, 5.41) is 19.2. The Morgan fingerprint density at radius 1 is 1.00 bits per heavy atom. The highest BCUT2D eigenvalue weighted by Crippen LogP contribution is 2.25. The second-order valence-electron chi connectivity index (χ2n) is 5.38. The average molecular weight is 334 g/mol. The monoisotopic (exact) mass is 334 g/mol. The number of H-pyrrole nitrogens is 1. The molecule has 0 amide bonds. The van der Waals surface area contributed by atoms with Crippen molar-refractivity contribution in [1.29, 1.82) is 0 Å². The number of hydrogen-bond acceptors (Lipinski definition) is 7.